The Morgan fingerprint density at radius 2 is 2.11 bits per heavy atom. The van der Waals surface area contributed by atoms with Crippen LogP contribution in [0.25, 0.3) is 0 Å². The summed E-state index contributed by atoms with van der Waals surface area (Å²) >= 11 is 5.98. The third-order valence-corrected chi connectivity index (χ3v) is 3.35. The molecule has 2 rings (SSSR count). The fraction of sp³-hybridized carbons (Fsp3) is 0.333. The summed E-state index contributed by atoms with van der Waals surface area (Å²) in [5, 5.41) is 4.34. The first-order valence-electron chi connectivity index (χ1n) is 6.23. The van der Waals surface area contributed by atoms with Crippen LogP contribution in [0.15, 0.2) is 42.6 Å². The molecule has 0 saturated heterocycles. The molecule has 0 amide bonds. The quantitative estimate of drug-likeness (QED) is 0.874. The maximum absolute atomic E-state index is 5.98. The number of aryl methyl sites for hydroxylation is 1. The van der Waals surface area contributed by atoms with E-state index in [1.807, 2.05) is 18.2 Å². The normalized spacial score (nSPS) is 12.6. The van der Waals surface area contributed by atoms with Crippen molar-refractivity contribution in [1.82, 2.24) is 9.88 Å². The van der Waals surface area contributed by atoms with E-state index in [-0.39, 0.29) is 0 Å². The van der Waals surface area contributed by atoms with Crippen molar-refractivity contribution in [2.24, 2.45) is 7.05 Å². The molecule has 0 radical (unpaired) electrons. The first-order chi connectivity index (χ1) is 8.65. The molecule has 0 bridgehead atoms. The summed E-state index contributed by atoms with van der Waals surface area (Å²) in [5.74, 6) is 0. The number of nitrogens with one attached hydrogen (secondary N) is 1. The zero-order chi connectivity index (χ0) is 13.0. The van der Waals surface area contributed by atoms with E-state index in [9.17, 15) is 0 Å². The second-order valence-corrected chi connectivity index (χ2v) is 5.16. The first-order valence-corrected chi connectivity index (χ1v) is 6.61. The van der Waals surface area contributed by atoms with E-state index in [2.05, 4.69) is 48.3 Å². The summed E-state index contributed by atoms with van der Waals surface area (Å²) < 4.78 is 2.14. The standard InChI is InChI=1S/C15H19ClN2/c1-12(9-13-5-3-6-14(16)10-13)17-11-15-7-4-8-18(15)2/h3-8,10,12,17H,9,11H2,1-2H3. The maximum Gasteiger partial charge on any atom is 0.0408 e. The van der Waals surface area contributed by atoms with Crippen molar-refractivity contribution in [1.29, 1.82) is 0 Å². The number of benzene rings is 1. The highest BCUT2D eigenvalue weighted by molar-refractivity contribution is 6.30. The van der Waals surface area contributed by atoms with Crippen LogP contribution in [0.3, 0.4) is 0 Å². The first kappa shape index (κ1) is 13.2. The molecule has 0 aliphatic heterocycles. The van der Waals surface area contributed by atoms with Gasteiger partial charge in [0.25, 0.3) is 0 Å². The molecule has 0 spiro atoms. The van der Waals surface area contributed by atoms with Gasteiger partial charge in [-0.15, -0.1) is 0 Å². The zero-order valence-corrected chi connectivity index (χ0v) is 11.6. The van der Waals surface area contributed by atoms with Crippen LogP contribution in [0, 0.1) is 0 Å². The Hall–Kier alpha value is -1.25. The van der Waals surface area contributed by atoms with Crippen LogP contribution in [0.4, 0.5) is 0 Å². The number of halogens is 1. The molecular formula is C15H19ClN2. The summed E-state index contributed by atoms with van der Waals surface area (Å²) in [6.07, 6.45) is 3.06. The van der Waals surface area contributed by atoms with Gasteiger partial charge in [0.1, 0.15) is 0 Å². The molecule has 0 fully saturated rings. The molecule has 0 aliphatic carbocycles. The third-order valence-electron chi connectivity index (χ3n) is 3.11. The second kappa shape index (κ2) is 6.07. The van der Waals surface area contributed by atoms with Gasteiger partial charge in [-0.3, -0.25) is 0 Å². The lowest BCUT2D eigenvalue weighted by molar-refractivity contribution is 0.532. The lowest BCUT2D eigenvalue weighted by Crippen LogP contribution is -2.28. The van der Waals surface area contributed by atoms with Crippen LogP contribution in [-0.2, 0) is 20.0 Å². The molecule has 1 heterocycles. The van der Waals surface area contributed by atoms with Crippen LogP contribution in [0.1, 0.15) is 18.2 Å². The minimum Gasteiger partial charge on any atom is -0.353 e. The van der Waals surface area contributed by atoms with Crippen LogP contribution in [-0.4, -0.2) is 10.6 Å². The van der Waals surface area contributed by atoms with Crippen LogP contribution in [0.5, 0.6) is 0 Å². The Morgan fingerprint density at radius 3 is 2.78 bits per heavy atom. The number of nitrogens with zero attached hydrogens (tertiary/aromatic N) is 1. The molecule has 1 N–H and O–H groups in total. The lowest BCUT2D eigenvalue weighted by atomic mass is 10.1. The molecule has 1 aromatic heterocycles. The highest BCUT2D eigenvalue weighted by Crippen LogP contribution is 2.12. The molecule has 3 heteroatoms. The molecule has 1 aromatic carbocycles. The topological polar surface area (TPSA) is 17.0 Å². The van der Waals surface area contributed by atoms with E-state index in [0.29, 0.717) is 6.04 Å². The molecular weight excluding hydrogens is 244 g/mol. The minimum atomic E-state index is 0.429. The van der Waals surface area contributed by atoms with Crippen molar-refractivity contribution in [2.75, 3.05) is 0 Å². The fourth-order valence-corrected chi connectivity index (χ4v) is 2.26. The van der Waals surface area contributed by atoms with Gasteiger partial charge in [-0.25, -0.2) is 0 Å². The van der Waals surface area contributed by atoms with Gasteiger partial charge in [0.15, 0.2) is 0 Å². The summed E-state index contributed by atoms with van der Waals surface area (Å²) in [7, 11) is 2.07. The molecule has 2 nitrogen and oxygen atoms in total. The van der Waals surface area contributed by atoms with Crippen molar-refractivity contribution in [3.8, 4) is 0 Å². The van der Waals surface area contributed by atoms with E-state index >= 15 is 0 Å². The lowest BCUT2D eigenvalue weighted by Gasteiger charge is -2.14. The molecule has 18 heavy (non-hydrogen) atoms. The van der Waals surface area contributed by atoms with Crippen molar-refractivity contribution < 1.29 is 0 Å². The van der Waals surface area contributed by atoms with Crippen molar-refractivity contribution >= 4 is 11.6 Å². The summed E-state index contributed by atoms with van der Waals surface area (Å²) in [4.78, 5) is 0. The van der Waals surface area contributed by atoms with Gasteiger partial charge in [-0.1, -0.05) is 23.7 Å². The summed E-state index contributed by atoms with van der Waals surface area (Å²) in [5.41, 5.74) is 2.57. The van der Waals surface area contributed by atoms with Gasteiger partial charge < -0.3 is 9.88 Å². The van der Waals surface area contributed by atoms with Gasteiger partial charge >= 0.3 is 0 Å². The molecule has 0 aliphatic rings. The van der Waals surface area contributed by atoms with Gasteiger partial charge in [0.05, 0.1) is 0 Å². The van der Waals surface area contributed by atoms with Crippen molar-refractivity contribution in [2.45, 2.75) is 25.9 Å². The van der Waals surface area contributed by atoms with Crippen molar-refractivity contribution in [3.05, 3.63) is 58.9 Å². The van der Waals surface area contributed by atoms with Crippen molar-refractivity contribution in [3.63, 3.8) is 0 Å². The Bertz CT molecular complexity index is 505. The molecule has 1 atom stereocenters. The monoisotopic (exact) mass is 262 g/mol. The van der Waals surface area contributed by atoms with E-state index in [1.54, 1.807) is 0 Å². The number of aromatic nitrogens is 1. The molecule has 1 unspecified atom stereocenters. The smallest absolute Gasteiger partial charge is 0.0408 e. The van der Waals surface area contributed by atoms with Gasteiger partial charge in [-0.05, 0) is 43.2 Å². The van der Waals surface area contributed by atoms with E-state index in [1.165, 1.54) is 11.3 Å². The Morgan fingerprint density at radius 1 is 1.28 bits per heavy atom. The van der Waals surface area contributed by atoms with E-state index < -0.39 is 0 Å². The predicted molar refractivity (Wildman–Crippen MR) is 76.9 cm³/mol. The molecule has 0 saturated carbocycles. The van der Waals surface area contributed by atoms with Gasteiger partial charge in [-0.2, -0.15) is 0 Å². The predicted octanol–water partition coefficient (Wildman–Crippen LogP) is 3.40. The Kier molecular flexibility index (Phi) is 4.45. The molecule has 96 valence electrons. The van der Waals surface area contributed by atoms with Crippen LogP contribution in [0.2, 0.25) is 5.02 Å². The largest absolute Gasteiger partial charge is 0.353 e. The Balaban J connectivity index is 1.86. The van der Waals surface area contributed by atoms with E-state index in [4.69, 9.17) is 11.6 Å². The summed E-state index contributed by atoms with van der Waals surface area (Å²) in [6.45, 7) is 3.09. The maximum atomic E-state index is 5.98. The number of hydrogen-bond acceptors (Lipinski definition) is 1. The minimum absolute atomic E-state index is 0.429. The highest BCUT2D eigenvalue weighted by atomic mass is 35.5. The van der Waals surface area contributed by atoms with Crippen LogP contribution < -0.4 is 5.32 Å². The Labute approximate surface area is 114 Å². The average Bonchev–Trinajstić information content (AvgIpc) is 2.72. The van der Waals surface area contributed by atoms with Crippen LogP contribution >= 0.6 is 11.6 Å². The SMILES string of the molecule is CC(Cc1cccc(Cl)c1)NCc1cccn1C. The highest BCUT2D eigenvalue weighted by Gasteiger charge is 2.04. The zero-order valence-electron chi connectivity index (χ0n) is 10.9. The second-order valence-electron chi connectivity index (χ2n) is 4.73. The average molecular weight is 263 g/mol. The fourth-order valence-electron chi connectivity index (χ4n) is 2.05. The number of hydrogen-bond donors (Lipinski definition) is 1. The summed E-state index contributed by atoms with van der Waals surface area (Å²) in [6, 6.07) is 12.7. The van der Waals surface area contributed by atoms with E-state index in [0.717, 1.165) is 18.0 Å². The number of rotatable bonds is 5. The van der Waals surface area contributed by atoms with Gasteiger partial charge in [0, 0.05) is 36.5 Å². The molecule has 2 aromatic rings. The third kappa shape index (κ3) is 3.62. The van der Waals surface area contributed by atoms with Gasteiger partial charge in [0.2, 0.25) is 0 Å².